The maximum absolute atomic E-state index is 13.7. The zero-order valence-electron chi connectivity index (χ0n) is 21.7. The van der Waals surface area contributed by atoms with Crippen molar-refractivity contribution in [1.29, 1.82) is 0 Å². The van der Waals surface area contributed by atoms with E-state index in [1.807, 2.05) is 0 Å². The summed E-state index contributed by atoms with van der Waals surface area (Å²) >= 11 is 6.62. The summed E-state index contributed by atoms with van der Waals surface area (Å²) < 4.78 is 57.6. The van der Waals surface area contributed by atoms with E-state index in [-0.39, 0.29) is 34.1 Å². The largest absolute Gasteiger partial charge is 0.443 e. The van der Waals surface area contributed by atoms with Crippen LogP contribution in [0.25, 0.3) is 10.2 Å². The minimum Gasteiger partial charge on any atom is -0.443 e. The van der Waals surface area contributed by atoms with E-state index < -0.39 is 35.1 Å². The molecule has 1 aromatic heterocycles. The molecule has 12 heteroatoms. The van der Waals surface area contributed by atoms with Gasteiger partial charge in [0.15, 0.2) is 0 Å². The molecule has 7 nitrogen and oxygen atoms in total. The average Bonchev–Trinajstić information content (AvgIpc) is 3.15. The Balaban J connectivity index is 2.03. The molecular weight excluding hydrogens is 545 g/mol. The fraction of sp³-hybridized carbons (Fsp3) is 0.423. The van der Waals surface area contributed by atoms with Crippen LogP contribution in [-0.2, 0) is 33.6 Å². The van der Waals surface area contributed by atoms with Crippen molar-refractivity contribution >= 4 is 50.5 Å². The highest BCUT2D eigenvalue weighted by Gasteiger charge is 2.36. The van der Waals surface area contributed by atoms with Crippen LogP contribution in [0.2, 0.25) is 5.02 Å². The van der Waals surface area contributed by atoms with Gasteiger partial charge in [-0.05, 0) is 71.4 Å². The van der Waals surface area contributed by atoms with Gasteiger partial charge in [-0.15, -0.1) is 0 Å². The van der Waals surface area contributed by atoms with Gasteiger partial charge >= 0.3 is 18.4 Å². The number of rotatable bonds is 5. The number of anilines is 1. The van der Waals surface area contributed by atoms with Crippen LogP contribution in [0.1, 0.15) is 58.2 Å². The number of hydrogen-bond donors (Lipinski definition) is 0. The summed E-state index contributed by atoms with van der Waals surface area (Å²) in [7, 11) is 0. The topological polar surface area (TPSA) is 78.0 Å². The molecule has 0 atom stereocenters. The molecule has 3 rings (SSSR count). The maximum Gasteiger partial charge on any atom is 0.426 e. The normalized spacial score (nSPS) is 12.5. The molecule has 0 fully saturated rings. The standard InChI is InChI=1S/C26H28ClF3N2O5S/c1-24(2,3)36-22(33)32(23(34)37-25(4,5)6)21-31-20-16(11-17(26(28,29)30)12-19(20)38-21)14-35-13-15-7-9-18(27)10-8-15/h7-12H,13-14H2,1-6H3. The predicted octanol–water partition coefficient (Wildman–Crippen LogP) is 8.36. The molecule has 2 amide bonds. The number of carbonyl (C=O) groups excluding carboxylic acids is 2. The minimum absolute atomic E-state index is 0.108. The number of amides is 2. The Morgan fingerprint density at radius 2 is 1.47 bits per heavy atom. The molecule has 1 heterocycles. The number of alkyl halides is 3. The van der Waals surface area contributed by atoms with E-state index >= 15 is 0 Å². The van der Waals surface area contributed by atoms with E-state index in [4.69, 9.17) is 25.8 Å². The lowest BCUT2D eigenvalue weighted by atomic mass is 10.1. The van der Waals surface area contributed by atoms with Crippen molar-refractivity contribution in [2.24, 2.45) is 0 Å². The van der Waals surface area contributed by atoms with Gasteiger partial charge in [0.25, 0.3) is 0 Å². The van der Waals surface area contributed by atoms with E-state index in [0.29, 0.717) is 9.92 Å². The lowest BCUT2D eigenvalue weighted by molar-refractivity contribution is -0.137. The highest BCUT2D eigenvalue weighted by atomic mass is 35.5. The fourth-order valence-electron chi connectivity index (χ4n) is 3.16. The lowest BCUT2D eigenvalue weighted by Crippen LogP contribution is -2.43. The molecule has 0 aliphatic carbocycles. The molecule has 38 heavy (non-hydrogen) atoms. The van der Waals surface area contributed by atoms with Crippen LogP contribution in [0, 0.1) is 0 Å². The predicted molar refractivity (Wildman–Crippen MR) is 140 cm³/mol. The van der Waals surface area contributed by atoms with E-state index in [0.717, 1.165) is 29.0 Å². The van der Waals surface area contributed by atoms with Crippen LogP contribution in [0.4, 0.5) is 27.9 Å². The number of thiazole rings is 1. The summed E-state index contributed by atoms with van der Waals surface area (Å²) in [5.41, 5.74) is -1.76. The van der Waals surface area contributed by atoms with Crippen molar-refractivity contribution in [2.45, 2.75) is 72.1 Å². The van der Waals surface area contributed by atoms with E-state index in [1.54, 1.807) is 65.8 Å². The number of carbonyl (C=O) groups is 2. The van der Waals surface area contributed by atoms with Gasteiger partial charge in [-0.3, -0.25) is 0 Å². The monoisotopic (exact) mass is 572 g/mol. The van der Waals surface area contributed by atoms with Crippen molar-refractivity contribution < 1.29 is 37.0 Å². The third kappa shape index (κ3) is 8.05. The minimum atomic E-state index is -4.64. The first-order valence-electron chi connectivity index (χ1n) is 11.5. The molecule has 0 bridgehead atoms. The number of fused-ring (bicyclic) bond motifs is 1. The van der Waals surface area contributed by atoms with Crippen molar-refractivity contribution in [1.82, 2.24) is 4.98 Å². The number of benzene rings is 2. The Bertz CT molecular complexity index is 1280. The van der Waals surface area contributed by atoms with E-state index in [1.165, 1.54) is 0 Å². The van der Waals surface area contributed by atoms with Crippen LogP contribution in [0.5, 0.6) is 0 Å². The third-order valence-corrected chi connectivity index (χ3v) is 5.91. The van der Waals surface area contributed by atoms with Gasteiger partial charge in [-0.25, -0.2) is 14.6 Å². The molecule has 0 N–H and O–H groups in total. The summed E-state index contributed by atoms with van der Waals surface area (Å²) in [6, 6.07) is 8.70. The van der Waals surface area contributed by atoms with Gasteiger partial charge in [0.2, 0.25) is 5.13 Å². The molecule has 0 saturated carbocycles. The average molecular weight is 573 g/mol. The van der Waals surface area contributed by atoms with Crippen molar-refractivity contribution in [3.8, 4) is 0 Å². The quantitative estimate of drug-likeness (QED) is 0.306. The number of ether oxygens (including phenoxy) is 3. The lowest BCUT2D eigenvalue weighted by Gasteiger charge is -2.27. The first-order valence-corrected chi connectivity index (χ1v) is 12.7. The van der Waals surface area contributed by atoms with Crippen molar-refractivity contribution in [3.05, 3.63) is 58.1 Å². The van der Waals surface area contributed by atoms with Crippen LogP contribution in [0.15, 0.2) is 36.4 Å². The molecule has 0 saturated heterocycles. The Morgan fingerprint density at radius 1 is 0.921 bits per heavy atom. The molecular formula is C26H28ClF3N2O5S. The molecule has 3 aromatic rings. The number of aromatic nitrogens is 1. The Hall–Kier alpha value is -2.89. The van der Waals surface area contributed by atoms with Gasteiger partial charge in [0.1, 0.15) is 11.2 Å². The molecule has 206 valence electrons. The second kappa shape index (κ2) is 11.1. The summed E-state index contributed by atoms with van der Waals surface area (Å²) in [6.45, 7) is 9.60. The number of imide groups is 1. The smallest absolute Gasteiger partial charge is 0.426 e. The first kappa shape index (κ1) is 29.7. The maximum atomic E-state index is 13.7. The van der Waals surface area contributed by atoms with Gasteiger partial charge < -0.3 is 14.2 Å². The van der Waals surface area contributed by atoms with Crippen LogP contribution < -0.4 is 4.90 Å². The zero-order valence-corrected chi connectivity index (χ0v) is 23.3. The zero-order chi connectivity index (χ0) is 28.5. The van der Waals surface area contributed by atoms with Crippen LogP contribution >= 0.6 is 22.9 Å². The molecule has 0 spiro atoms. The molecule has 0 radical (unpaired) electrons. The fourth-order valence-corrected chi connectivity index (χ4v) is 4.32. The Labute approximate surface area is 227 Å². The second-order valence-corrected chi connectivity index (χ2v) is 11.8. The van der Waals surface area contributed by atoms with Crippen molar-refractivity contribution in [2.75, 3.05) is 4.90 Å². The number of hydrogen-bond acceptors (Lipinski definition) is 7. The first-order chi connectivity index (χ1) is 17.4. The third-order valence-electron chi connectivity index (χ3n) is 4.67. The molecule has 0 aliphatic rings. The highest BCUT2D eigenvalue weighted by Crippen LogP contribution is 2.38. The number of halogens is 4. The van der Waals surface area contributed by atoms with Gasteiger partial charge in [0.05, 0.1) is 29.0 Å². The highest BCUT2D eigenvalue weighted by molar-refractivity contribution is 7.22. The summed E-state index contributed by atoms with van der Waals surface area (Å²) in [4.78, 5) is 30.9. The SMILES string of the molecule is CC(C)(C)OC(=O)N(C(=O)OC(C)(C)C)c1nc2c(COCc3ccc(Cl)cc3)cc(C(F)(F)F)cc2s1. The van der Waals surface area contributed by atoms with E-state index in [9.17, 15) is 22.8 Å². The molecule has 2 aromatic carbocycles. The van der Waals surface area contributed by atoms with E-state index in [2.05, 4.69) is 4.98 Å². The van der Waals surface area contributed by atoms with Crippen LogP contribution in [0.3, 0.4) is 0 Å². The molecule has 0 unspecified atom stereocenters. The number of nitrogens with zero attached hydrogens (tertiary/aromatic N) is 2. The summed E-state index contributed by atoms with van der Waals surface area (Å²) in [5.74, 6) is 0. The van der Waals surface area contributed by atoms with Gasteiger partial charge in [0, 0.05) is 10.6 Å². The van der Waals surface area contributed by atoms with Crippen LogP contribution in [-0.4, -0.2) is 28.4 Å². The van der Waals surface area contributed by atoms with Gasteiger partial charge in [-0.2, -0.15) is 18.1 Å². The second-order valence-electron chi connectivity index (χ2n) is 10.4. The summed E-state index contributed by atoms with van der Waals surface area (Å²) in [6.07, 6.45) is -6.77. The van der Waals surface area contributed by atoms with Crippen molar-refractivity contribution in [3.63, 3.8) is 0 Å². The van der Waals surface area contributed by atoms with Gasteiger partial charge in [-0.1, -0.05) is 35.1 Å². The Morgan fingerprint density at radius 3 is 1.97 bits per heavy atom. The molecule has 0 aliphatic heterocycles. The summed E-state index contributed by atoms with van der Waals surface area (Å²) in [5, 5.41) is 0.352. The Kier molecular flexibility index (Phi) is 8.64.